The van der Waals surface area contributed by atoms with Crippen LogP contribution in [0.4, 0.5) is 0 Å². The lowest BCUT2D eigenvalue weighted by molar-refractivity contribution is 0.623. The Morgan fingerprint density at radius 3 is 1.25 bits per heavy atom. The van der Waals surface area contributed by atoms with Gasteiger partial charge in [-0.15, -0.1) is 9.10 Å². The van der Waals surface area contributed by atoms with E-state index in [0.29, 0.717) is 20.4 Å². The molecule has 0 atom stereocenters. The summed E-state index contributed by atoms with van der Waals surface area (Å²) in [6, 6.07) is 0. The van der Waals surface area contributed by atoms with Gasteiger partial charge in [0.05, 0.1) is 0 Å². The van der Waals surface area contributed by atoms with Gasteiger partial charge in [0.1, 0.15) is 0 Å². The molecule has 0 aromatic carbocycles. The molecule has 0 aromatic heterocycles. The van der Waals surface area contributed by atoms with E-state index in [9.17, 15) is 0 Å². The third-order valence-corrected chi connectivity index (χ3v) is 5.91. The maximum Gasteiger partial charge on any atom is 0.364 e. The Morgan fingerprint density at radius 2 is 0.750 bits per heavy atom. The molecule has 0 unspecified atom stereocenters. The SMILES string of the molecule is CCCCCCC.CCCCCCC[CH2][Mg][CH2]CCC. The van der Waals surface area contributed by atoms with Gasteiger partial charge in [0.25, 0.3) is 0 Å². The Morgan fingerprint density at radius 1 is 0.400 bits per heavy atom. The molecule has 0 saturated heterocycles. The van der Waals surface area contributed by atoms with E-state index < -0.39 is 0 Å². The van der Waals surface area contributed by atoms with Crippen molar-refractivity contribution in [2.24, 2.45) is 0 Å². The van der Waals surface area contributed by atoms with Crippen LogP contribution < -0.4 is 0 Å². The van der Waals surface area contributed by atoms with Gasteiger partial charge in [-0.05, 0) is 0 Å². The van der Waals surface area contributed by atoms with Crippen molar-refractivity contribution >= 4 is 20.4 Å². The van der Waals surface area contributed by atoms with Crippen molar-refractivity contribution in [1.82, 2.24) is 0 Å². The number of hydrogen-bond donors (Lipinski definition) is 0. The zero-order valence-corrected chi connectivity index (χ0v) is 16.7. The van der Waals surface area contributed by atoms with Crippen LogP contribution in [0, 0.1) is 0 Å². The molecule has 0 nitrogen and oxygen atoms in total. The molecule has 0 heterocycles. The fourth-order valence-electron chi connectivity index (χ4n) is 2.41. The van der Waals surface area contributed by atoms with Gasteiger partial charge in [-0.1, -0.05) is 111 Å². The van der Waals surface area contributed by atoms with E-state index in [0.717, 1.165) is 0 Å². The second-order valence-corrected chi connectivity index (χ2v) is 8.36. The molecule has 0 aliphatic carbocycles. The predicted octanol–water partition coefficient (Wildman–Crippen LogP) is 7.66. The van der Waals surface area contributed by atoms with E-state index >= 15 is 0 Å². The molecule has 0 rings (SSSR count). The molecule has 0 aromatic rings. The summed E-state index contributed by atoms with van der Waals surface area (Å²) in [5.74, 6) is 0. The molecular formula is C19H42Mg. The van der Waals surface area contributed by atoms with Crippen LogP contribution in [0.1, 0.15) is 111 Å². The first-order chi connectivity index (χ1) is 9.83. The maximum atomic E-state index is 2.30. The highest BCUT2D eigenvalue weighted by molar-refractivity contribution is 6.35. The molecular weight excluding hydrogens is 253 g/mol. The third-order valence-electron chi connectivity index (χ3n) is 3.91. The second kappa shape index (κ2) is 24.8. The molecule has 1 heteroatoms. The van der Waals surface area contributed by atoms with Crippen LogP contribution in [0.5, 0.6) is 0 Å². The molecule has 0 saturated carbocycles. The standard InChI is InChI=1S/C8H17.C7H16.C4H9.Mg/c1-3-5-7-8-6-4-2;1-3-5-7-6-4-2;1-3-4-2;/h1,3-8H2,2H3;3-7H2,1-2H3;1,3-4H2,2H3;. The monoisotopic (exact) mass is 294 g/mol. The first-order valence-corrected chi connectivity index (χ1v) is 11.8. The van der Waals surface area contributed by atoms with E-state index in [2.05, 4.69) is 27.7 Å². The molecule has 0 spiro atoms. The van der Waals surface area contributed by atoms with Crippen molar-refractivity contribution in [3.8, 4) is 0 Å². The van der Waals surface area contributed by atoms with Gasteiger partial charge < -0.3 is 0 Å². The van der Waals surface area contributed by atoms with Gasteiger partial charge >= 0.3 is 20.4 Å². The summed E-state index contributed by atoms with van der Waals surface area (Å²) in [5.41, 5.74) is 0. The normalized spacial score (nSPS) is 9.80. The number of rotatable bonds is 14. The molecule has 0 aliphatic rings. The van der Waals surface area contributed by atoms with Gasteiger partial charge in [-0.25, -0.2) is 0 Å². The topological polar surface area (TPSA) is 0 Å². The highest BCUT2D eigenvalue weighted by Gasteiger charge is 1.95. The van der Waals surface area contributed by atoms with Crippen LogP contribution in [-0.2, 0) is 0 Å². The van der Waals surface area contributed by atoms with Gasteiger partial charge in [-0.3, -0.25) is 0 Å². The minimum Gasteiger partial charge on any atom is -0.146 e. The van der Waals surface area contributed by atoms with E-state index in [1.165, 1.54) is 77.0 Å². The summed E-state index contributed by atoms with van der Waals surface area (Å²) < 4.78 is 3.22. The van der Waals surface area contributed by atoms with E-state index in [1.807, 2.05) is 0 Å². The molecule has 0 N–H and O–H groups in total. The summed E-state index contributed by atoms with van der Waals surface area (Å²) >= 11 is 0.361. The first kappa shape index (κ1) is 23.0. The lowest BCUT2D eigenvalue weighted by Crippen LogP contribution is -1.89. The van der Waals surface area contributed by atoms with Crippen molar-refractivity contribution < 1.29 is 0 Å². The quantitative estimate of drug-likeness (QED) is 0.228. The van der Waals surface area contributed by atoms with Gasteiger partial charge in [0, 0.05) is 0 Å². The van der Waals surface area contributed by atoms with Crippen LogP contribution in [0.15, 0.2) is 0 Å². The Hall–Kier alpha value is 0.766. The highest BCUT2D eigenvalue weighted by Crippen LogP contribution is 2.08. The summed E-state index contributed by atoms with van der Waals surface area (Å²) in [7, 11) is 0. The highest BCUT2D eigenvalue weighted by atomic mass is 24.5. The maximum absolute atomic E-state index is 2.30. The summed E-state index contributed by atoms with van der Waals surface area (Å²) in [6.07, 6.45) is 18.8. The first-order valence-electron chi connectivity index (χ1n) is 9.83. The zero-order valence-electron chi connectivity index (χ0n) is 15.3. The van der Waals surface area contributed by atoms with Crippen molar-refractivity contribution in [3.63, 3.8) is 0 Å². The van der Waals surface area contributed by atoms with Crippen LogP contribution >= 0.6 is 0 Å². The minimum atomic E-state index is 0.361. The Labute approximate surface area is 140 Å². The van der Waals surface area contributed by atoms with Crippen LogP contribution in [0.2, 0.25) is 9.10 Å². The van der Waals surface area contributed by atoms with Gasteiger partial charge in [0.2, 0.25) is 0 Å². The number of hydrogen-bond acceptors (Lipinski definition) is 0. The largest absolute Gasteiger partial charge is 0.364 e. The van der Waals surface area contributed by atoms with E-state index in [1.54, 1.807) is 15.5 Å². The summed E-state index contributed by atoms with van der Waals surface area (Å²) in [6.45, 7) is 9.09. The van der Waals surface area contributed by atoms with Gasteiger partial charge in [-0.2, -0.15) is 0 Å². The van der Waals surface area contributed by atoms with Crippen LogP contribution in [-0.4, -0.2) is 20.4 Å². The van der Waals surface area contributed by atoms with E-state index in [-0.39, 0.29) is 0 Å². The smallest absolute Gasteiger partial charge is 0.146 e. The average Bonchev–Trinajstić information content (AvgIpc) is 2.47. The molecule has 20 heavy (non-hydrogen) atoms. The Balaban J connectivity index is 0. The summed E-state index contributed by atoms with van der Waals surface area (Å²) in [4.78, 5) is 0. The second-order valence-electron chi connectivity index (χ2n) is 6.24. The minimum absolute atomic E-state index is 0.361. The molecule has 120 valence electrons. The molecule has 0 bridgehead atoms. The predicted molar refractivity (Wildman–Crippen MR) is 98.1 cm³/mol. The fourth-order valence-corrected chi connectivity index (χ4v) is 4.33. The Bertz CT molecular complexity index is 120. The average molecular weight is 295 g/mol. The van der Waals surface area contributed by atoms with Crippen molar-refractivity contribution in [2.75, 3.05) is 0 Å². The lowest BCUT2D eigenvalue weighted by Gasteiger charge is -1.99. The molecule has 0 amide bonds. The van der Waals surface area contributed by atoms with Gasteiger partial charge in [0.15, 0.2) is 0 Å². The number of unbranched alkanes of at least 4 members (excludes halogenated alkanes) is 10. The van der Waals surface area contributed by atoms with Crippen molar-refractivity contribution in [1.29, 1.82) is 0 Å². The third kappa shape index (κ3) is 27.2. The molecule has 0 radical (unpaired) electrons. The fraction of sp³-hybridized carbons (Fsp3) is 1.00. The lowest BCUT2D eigenvalue weighted by atomic mass is 10.1. The van der Waals surface area contributed by atoms with Crippen molar-refractivity contribution in [2.45, 2.75) is 120 Å². The summed E-state index contributed by atoms with van der Waals surface area (Å²) in [5, 5.41) is 0. The van der Waals surface area contributed by atoms with Crippen LogP contribution in [0.3, 0.4) is 0 Å². The molecule has 0 fully saturated rings. The molecule has 0 aliphatic heterocycles. The van der Waals surface area contributed by atoms with E-state index in [4.69, 9.17) is 0 Å². The zero-order chi connectivity index (χ0) is 15.3. The van der Waals surface area contributed by atoms with Crippen molar-refractivity contribution in [3.05, 3.63) is 0 Å². The van der Waals surface area contributed by atoms with Crippen LogP contribution in [0.25, 0.3) is 0 Å². The Kier molecular flexibility index (Phi) is 28.5.